The molecule has 0 bridgehead atoms. The number of hydrogen-bond acceptors (Lipinski definition) is 4. The monoisotopic (exact) mass is 529 g/mol. The number of benzene rings is 3. The van der Waals surface area contributed by atoms with Gasteiger partial charge in [0.05, 0.1) is 33.8 Å². The van der Waals surface area contributed by atoms with Crippen LogP contribution in [0.25, 0.3) is 38.9 Å². The summed E-state index contributed by atoms with van der Waals surface area (Å²) in [5, 5.41) is 2.40. The second-order valence-electron chi connectivity index (χ2n) is 11.0. The van der Waals surface area contributed by atoms with E-state index in [1.807, 2.05) is 48.9 Å². The molecule has 196 valence electrons. The summed E-state index contributed by atoms with van der Waals surface area (Å²) in [5.74, 6) is 0.899. The molecule has 5 nitrogen and oxygen atoms in total. The van der Waals surface area contributed by atoms with Gasteiger partial charge in [-0.3, -0.25) is 14.5 Å². The van der Waals surface area contributed by atoms with Crippen LogP contribution in [0.4, 0.5) is 17.1 Å². The summed E-state index contributed by atoms with van der Waals surface area (Å²) in [5.41, 5.74) is 9.47. The molecule has 0 atom stereocenters. The van der Waals surface area contributed by atoms with E-state index in [1.54, 1.807) is 0 Å². The zero-order chi connectivity index (χ0) is 27.6. The SMILES string of the molecule is CC1(C)c2ccccc2N(c2ccc3c4ccccc4n(-c4ccccn4)c3c2)c2cc(-c3ccccn3)cnc21. The summed E-state index contributed by atoms with van der Waals surface area (Å²) >= 11 is 0. The highest BCUT2D eigenvalue weighted by Crippen LogP contribution is 2.52. The molecular weight excluding hydrogens is 502 g/mol. The molecule has 0 aliphatic carbocycles. The van der Waals surface area contributed by atoms with Gasteiger partial charge in [-0.25, -0.2) is 4.98 Å². The molecule has 5 heterocycles. The van der Waals surface area contributed by atoms with Crippen LogP contribution < -0.4 is 4.90 Å². The second-order valence-corrected chi connectivity index (χ2v) is 11.0. The molecule has 3 aromatic carbocycles. The van der Waals surface area contributed by atoms with E-state index in [1.165, 1.54) is 16.3 Å². The first-order valence-electron chi connectivity index (χ1n) is 13.9. The van der Waals surface area contributed by atoms with Crippen LogP contribution in [0.2, 0.25) is 0 Å². The first-order valence-corrected chi connectivity index (χ1v) is 13.9. The van der Waals surface area contributed by atoms with Gasteiger partial charge < -0.3 is 4.90 Å². The molecule has 0 amide bonds. The quantitative estimate of drug-likeness (QED) is 0.230. The van der Waals surface area contributed by atoms with Crippen LogP contribution in [0.5, 0.6) is 0 Å². The van der Waals surface area contributed by atoms with Crippen LogP contribution in [-0.4, -0.2) is 19.5 Å². The van der Waals surface area contributed by atoms with Crippen LogP contribution >= 0.6 is 0 Å². The largest absolute Gasteiger partial charge is 0.308 e. The number of fused-ring (bicyclic) bond motifs is 5. The molecule has 1 aliphatic heterocycles. The Kier molecular flexibility index (Phi) is 5.10. The standard InChI is InChI=1S/C36H27N5/c1-36(2)28-12-4-6-15-31(28)40(33-21-24(23-39-35(33)36)29-13-7-9-19-37-29)25-17-18-27-26-11-3-5-14-30(26)41(32(27)22-25)34-16-8-10-20-38-34/h3-23H,1-2H3. The molecule has 8 rings (SSSR count). The lowest BCUT2D eigenvalue weighted by Crippen LogP contribution is -2.31. The molecule has 1 aliphatic rings. The first kappa shape index (κ1) is 23.6. The third-order valence-corrected chi connectivity index (χ3v) is 8.27. The van der Waals surface area contributed by atoms with Crippen molar-refractivity contribution in [2.45, 2.75) is 19.3 Å². The van der Waals surface area contributed by atoms with E-state index in [4.69, 9.17) is 9.97 Å². The van der Waals surface area contributed by atoms with E-state index in [0.717, 1.165) is 50.9 Å². The number of para-hydroxylation sites is 2. The Morgan fingerprint density at radius 2 is 1.37 bits per heavy atom. The fraction of sp³-hybridized carbons (Fsp3) is 0.0833. The fourth-order valence-electron chi connectivity index (χ4n) is 6.34. The van der Waals surface area contributed by atoms with Gasteiger partial charge in [0.25, 0.3) is 0 Å². The maximum Gasteiger partial charge on any atom is 0.137 e. The molecule has 4 aromatic heterocycles. The van der Waals surface area contributed by atoms with Crippen molar-refractivity contribution in [3.8, 4) is 17.1 Å². The van der Waals surface area contributed by atoms with E-state index in [-0.39, 0.29) is 5.41 Å². The minimum Gasteiger partial charge on any atom is -0.308 e. The average molecular weight is 530 g/mol. The van der Waals surface area contributed by atoms with E-state index in [9.17, 15) is 0 Å². The average Bonchev–Trinajstić information content (AvgIpc) is 3.35. The van der Waals surface area contributed by atoms with Crippen LogP contribution in [0.15, 0.2) is 128 Å². The number of aromatic nitrogens is 4. The Morgan fingerprint density at radius 1 is 0.610 bits per heavy atom. The van der Waals surface area contributed by atoms with Crippen LogP contribution in [0, 0.1) is 0 Å². The summed E-state index contributed by atoms with van der Waals surface area (Å²) in [7, 11) is 0. The highest BCUT2D eigenvalue weighted by Gasteiger charge is 2.38. The summed E-state index contributed by atoms with van der Waals surface area (Å²) in [4.78, 5) is 16.8. The summed E-state index contributed by atoms with van der Waals surface area (Å²) in [6, 6.07) is 38.3. The molecule has 7 aromatic rings. The lowest BCUT2D eigenvalue weighted by Gasteiger charge is -2.41. The predicted molar refractivity (Wildman–Crippen MR) is 166 cm³/mol. The van der Waals surface area contributed by atoms with E-state index < -0.39 is 0 Å². The van der Waals surface area contributed by atoms with Crippen molar-refractivity contribution in [3.05, 3.63) is 139 Å². The van der Waals surface area contributed by atoms with Crippen molar-refractivity contribution in [1.29, 1.82) is 0 Å². The van der Waals surface area contributed by atoms with Gasteiger partial charge in [-0.05, 0) is 74.0 Å². The van der Waals surface area contributed by atoms with Gasteiger partial charge in [-0.2, -0.15) is 0 Å². The Hall–Kier alpha value is -5.29. The van der Waals surface area contributed by atoms with Gasteiger partial charge in [0.15, 0.2) is 0 Å². The maximum absolute atomic E-state index is 5.09. The van der Waals surface area contributed by atoms with Gasteiger partial charge in [0.2, 0.25) is 0 Å². The van der Waals surface area contributed by atoms with Gasteiger partial charge >= 0.3 is 0 Å². The predicted octanol–water partition coefficient (Wildman–Crippen LogP) is 8.74. The van der Waals surface area contributed by atoms with Crippen molar-refractivity contribution in [2.24, 2.45) is 0 Å². The third-order valence-electron chi connectivity index (χ3n) is 8.27. The number of anilines is 3. The Balaban J connectivity index is 1.42. The minimum atomic E-state index is -0.266. The molecule has 0 saturated carbocycles. The summed E-state index contributed by atoms with van der Waals surface area (Å²) in [6.45, 7) is 4.52. The Morgan fingerprint density at radius 3 is 2.20 bits per heavy atom. The topological polar surface area (TPSA) is 46.8 Å². The highest BCUT2D eigenvalue weighted by molar-refractivity contribution is 6.10. The number of rotatable bonds is 3. The zero-order valence-electron chi connectivity index (χ0n) is 22.9. The molecule has 0 fully saturated rings. The smallest absolute Gasteiger partial charge is 0.137 e. The Bertz CT molecular complexity index is 2080. The molecular formula is C36H27N5. The van der Waals surface area contributed by atoms with Crippen molar-refractivity contribution in [3.63, 3.8) is 0 Å². The third kappa shape index (κ3) is 3.52. The Labute approximate surface area is 238 Å². The summed E-state index contributed by atoms with van der Waals surface area (Å²) < 4.78 is 2.26. The van der Waals surface area contributed by atoms with Gasteiger partial charge in [-0.1, -0.05) is 54.6 Å². The van der Waals surface area contributed by atoms with Crippen molar-refractivity contribution < 1.29 is 0 Å². The molecule has 0 radical (unpaired) electrons. The van der Waals surface area contributed by atoms with E-state index in [2.05, 4.69) is 107 Å². The lowest BCUT2D eigenvalue weighted by atomic mass is 9.76. The van der Waals surface area contributed by atoms with Gasteiger partial charge in [0.1, 0.15) is 5.82 Å². The van der Waals surface area contributed by atoms with Crippen molar-refractivity contribution in [2.75, 3.05) is 4.90 Å². The molecule has 0 N–H and O–H groups in total. The fourth-order valence-corrected chi connectivity index (χ4v) is 6.34. The van der Waals surface area contributed by atoms with Gasteiger partial charge in [0, 0.05) is 46.0 Å². The van der Waals surface area contributed by atoms with Crippen molar-refractivity contribution in [1.82, 2.24) is 19.5 Å². The van der Waals surface area contributed by atoms with E-state index >= 15 is 0 Å². The van der Waals surface area contributed by atoms with E-state index in [0.29, 0.717) is 0 Å². The first-order chi connectivity index (χ1) is 20.1. The zero-order valence-corrected chi connectivity index (χ0v) is 22.9. The highest BCUT2D eigenvalue weighted by atomic mass is 15.2. The number of nitrogens with zero attached hydrogens (tertiary/aromatic N) is 5. The van der Waals surface area contributed by atoms with Crippen LogP contribution in [-0.2, 0) is 5.41 Å². The molecule has 41 heavy (non-hydrogen) atoms. The normalized spacial score (nSPS) is 13.8. The molecule has 0 spiro atoms. The molecule has 5 heteroatoms. The van der Waals surface area contributed by atoms with Crippen LogP contribution in [0.3, 0.4) is 0 Å². The van der Waals surface area contributed by atoms with Crippen LogP contribution in [0.1, 0.15) is 25.1 Å². The van der Waals surface area contributed by atoms with Crippen molar-refractivity contribution >= 4 is 38.9 Å². The lowest BCUT2D eigenvalue weighted by molar-refractivity contribution is 0.608. The maximum atomic E-state index is 5.09. The number of hydrogen-bond donors (Lipinski definition) is 0. The minimum absolute atomic E-state index is 0.266. The summed E-state index contributed by atoms with van der Waals surface area (Å²) in [6.07, 6.45) is 5.64. The second kappa shape index (κ2) is 8.86. The van der Waals surface area contributed by atoms with Gasteiger partial charge in [-0.15, -0.1) is 0 Å². The molecule has 0 saturated heterocycles. The number of pyridine rings is 3. The molecule has 0 unspecified atom stereocenters.